The van der Waals surface area contributed by atoms with Gasteiger partial charge in [-0.2, -0.15) is 5.10 Å². The van der Waals surface area contributed by atoms with Gasteiger partial charge in [-0.15, -0.1) is 0 Å². The fourth-order valence-corrected chi connectivity index (χ4v) is 1.63. The minimum absolute atomic E-state index is 0.467. The van der Waals surface area contributed by atoms with Crippen LogP contribution in [0, 0.1) is 0 Å². The Labute approximate surface area is 92.7 Å². The van der Waals surface area contributed by atoms with E-state index in [9.17, 15) is 0 Å². The molecule has 0 radical (unpaired) electrons. The van der Waals surface area contributed by atoms with E-state index < -0.39 is 0 Å². The molecule has 0 fully saturated rings. The molecule has 0 aromatic carbocycles. The average molecular weight is 223 g/mol. The molecule has 4 nitrogen and oxygen atoms in total. The molecule has 0 aliphatic heterocycles. The van der Waals surface area contributed by atoms with Gasteiger partial charge in [0.25, 0.3) is 0 Å². The molecule has 0 aliphatic rings. The molecule has 2 aromatic rings. The largest absolute Gasteiger partial charge is 0.383 e. The van der Waals surface area contributed by atoms with Crippen LogP contribution in [-0.2, 0) is 6.54 Å². The van der Waals surface area contributed by atoms with Gasteiger partial charge < -0.3 is 5.73 Å². The highest BCUT2D eigenvalue weighted by Crippen LogP contribution is 2.26. The Hall–Kier alpha value is -1.55. The van der Waals surface area contributed by atoms with Gasteiger partial charge in [0, 0.05) is 24.5 Å². The molecule has 2 N–H and O–H groups in total. The second-order valence-corrected chi connectivity index (χ2v) is 3.55. The lowest BCUT2D eigenvalue weighted by molar-refractivity contribution is 0.667. The zero-order valence-corrected chi connectivity index (χ0v) is 9.07. The molecule has 0 aliphatic carbocycles. The topological polar surface area (TPSA) is 56.7 Å². The van der Waals surface area contributed by atoms with Crippen molar-refractivity contribution in [2.75, 3.05) is 5.73 Å². The van der Waals surface area contributed by atoms with Gasteiger partial charge in [0.1, 0.15) is 5.82 Å². The summed E-state index contributed by atoms with van der Waals surface area (Å²) < 4.78 is 1.85. The van der Waals surface area contributed by atoms with Crippen LogP contribution >= 0.6 is 11.6 Å². The fraction of sp³-hybridized carbons (Fsp3) is 0.200. The molecule has 78 valence electrons. The third-order valence-corrected chi connectivity index (χ3v) is 2.38. The van der Waals surface area contributed by atoms with E-state index in [0.29, 0.717) is 10.8 Å². The van der Waals surface area contributed by atoms with Crippen LogP contribution in [0.25, 0.3) is 11.3 Å². The quantitative estimate of drug-likeness (QED) is 0.848. The van der Waals surface area contributed by atoms with E-state index in [2.05, 4.69) is 10.1 Å². The van der Waals surface area contributed by atoms with Crippen molar-refractivity contribution in [3.63, 3.8) is 0 Å². The van der Waals surface area contributed by atoms with Crippen LogP contribution in [0.3, 0.4) is 0 Å². The Morgan fingerprint density at radius 1 is 1.53 bits per heavy atom. The molecule has 0 amide bonds. The molecule has 5 heteroatoms. The standard InChI is InChI=1S/C10H11ClN4/c1-2-15-9(3-4-14-15)8-5-7(11)6-13-10(8)12/h3-6H,2H2,1H3,(H2,12,13). The first kappa shape index (κ1) is 9.98. The summed E-state index contributed by atoms with van der Waals surface area (Å²) in [5.74, 6) is 0.467. The lowest BCUT2D eigenvalue weighted by Gasteiger charge is -2.07. The predicted molar refractivity (Wildman–Crippen MR) is 60.6 cm³/mol. The molecular formula is C10H11ClN4. The first-order chi connectivity index (χ1) is 7.22. The molecule has 2 heterocycles. The number of halogens is 1. The Morgan fingerprint density at radius 3 is 3.07 bits per heavy atom. The van der Waals surface area contributed by atoms with Crippen molar-refractivity contribution in [2.24, 2.45) is 0 Å². The summed E-state index contributed by atoms with van der Waals surface area (Å²) in [5.41, 5.74) is 7.55. The van der Waals surface area contributed by atoms with Gasteiger partial charge >= 0.3 is 0 Å². The molecule has 0 spiro atoms. The van der Waals surface area contributed by atoms with E-state index in [1.807, 2.05) is 17.7 Å². The fourth-order valence-electron chi connectivity index (χ4n) is 1.47. The van der Waals surface area contributed by atoms with Crippen LogP contribution in [0.4, 0.5) is 5.82 Å². The number of nitrogen functional groups attached to an aromatic ring is 1. The number of pyridine rings is 1. The minimum atomic E-state index is 0.467. The summed E-state index contributed by atoms with van der Waals surface area (Å²) >= 11 is 5.88. The molecule has 0 saturated heterocycles. The molecule has 15 heavy (non-hydrogen) atoms. The maximum absolute atomic E-state index is 5.88. The normalized spacial score (nSPS) is 10.5. The Bertz CT molecular complexity index is 478. The average Bonchev–Trinajstić information content (AvgIpc) is 2.69. The van der Waals surface area contributed by atoms with Crippen LogP contribution in [0.5, 0.6) is 0 Å². The highest BCUT2D eigenvalue weighted by Gasteiger charge is 2.09. The first-order valence-electron chi connectivity index (χ1n) is 4.65. The van der Waals surface area contributed by atoms with Gasteiger partial charge in [-0.05, 0) is 19.1 Å². The number of hydrogen-bond acceptors (Lipinski definition) is 3. The first-order valence-corrected chi connectivity index (χ1v) is 5.03. The van der Waals surface area contributed by atoms with Crippen LogP contribution in [0.2, 0.25) is 5.02 Å². The second-order valence-electron chi connectivity index (χ2n) is 3.12. The summed E-state index contributed by atoms with van der Waals surface area (Å²) in [4.78, 5) is 4.01. The van der Waals surface area contributed by atoms with E-state index in [1.54, 1.807) is 12.3 Å². The van der Waals surface area contributed by atoms with E-state index in [0.717, 1.165) is 17.8 Å². The van der Waals surface area contributed by atoms with Crippen molar-refractivity contribution < 1.29 is 0 Å². The van der Waals surface area contributed by atoms with Crippen molar-refractivity contribution in [3.8, 4) is 11.3 Å². The summed E-state index contributed by atoms with van der Waals surface area (Å²) in [6.45, 7) is 2.80. The van der Waals surface area contributed by atoms with Crippen molar-refractivity contribution in [1.29, 1.82) is 0 Å². The van der Waals surface area contributed by atoms with Crippen LogP contribution in [0.1, 0.15) is 6.92 Å². The summed E-state index contributed by atoms with van der Waals surface area (Å²) in [7, 11) is 0. The number of aryl methyl sites for hydroxylation is 1. The van der Waals surface area contributed by atoms with Gasteiger partial charge in [-0.1, -0.05) is 11.6 Å². The molecule has 0 atom stereocenters. The van der Waals surface area contributed by atoms with Gasteiger partial charge in [0.05, 0.1) is 10.7 Å². The number of rotatable bonds is 2. The molecule has 0 saturated carbocycles. The van der Waals surface area contributed by atoms with E-state index in [1.165, 1.54) is 6.20 Å². The molecular weight excluding hydrogens is 212 g/mol. The Kier molecular flexibility index (Phi) is 2.60. The van der Waals surface area contributed by atoms with Crippen LogP contribution in [0.15, 0.2) is 24.5 Å². The summed E-state index contributed by atoms with van der Waals surface area (Å²) in [5, 5.41) is 4.74. The smallest absolute Gasteiger partial charge is 0.132 e. The van der Waals surface area contributed by atoms with Crippen LogP contribution < -0.4 is 5.73 Å². The Morgan fingerprint density at radius 2 is 2.33 bits per heavy atom. The lowest BCUT2D eigenvalue weighted by Crippen LogP contribution is -2.01. The van der Waals surface area contributed by atoms with Gasteiger partial charge in [-0.3, -0.25) is 4.68 Å². The zero-order valence-electron chi connectivity index (χ0n) is 8.31. The van der Waals surface area contributed by atoms with Crippen LogP contribution in [-0.4, -0.2) is 14.8 Å². The predicted octanol–water partition coefficient (Wildman–Crippen LogP) is 2.20. The third-order valence-electron chi connectivity index (χ3n) is 2.18. The summed E-state index contributed by atoms with van der Waals surface area (Å²) in [6, 6.07) is 3.69. The monoisotopic (exact) mass is 222 g/mol. The van der Waals surface area contributed by atoms with Crippen molar-refractivity contribution >= 4 is 17.4 Å². The van der Waals surface area contributed by atoms with E-state index in [4.69, 9.17) is 17.3 Å². The van der Waals surface area contributed by atoms with Gasteiger partial charge in [-0.25, -0.2) is 4.98 Å². The highest BCUT2D eigenvalue weighted by molar-refractivity contribution is 6.30. The zero-order chi connectivity index (χ0) is 10.8. The van der Waals surface area contributed by atoms with Crippen molar-refractivity contribution in [2.45, 2.75) is 13.5 Å². The van der Waals surface area contributed by atoms with Gasteiger partial charge in [0.15, 0.2) is 0 Å². The maximum atomic E-state index is 5.88. The third kappa shape index (κ3) is 1.80. The summed E-state index contributed by atoms with van der Waals surface area (Å²) in [6.07, 6.45) is 3.27. The minimum Gasteiger partial charge on any atom is -0.383 e. The number of nitrogens with two attached hydrogens (primary N) is 1. The number of nitrogens with zero attached hydrogens (tertiary/aromatic N) is 3. The lowest BCUT2D eigenvalue weighted by atomic mass is 10.2. The second kappa shape index (κ2) is 3.90. The SMILES string of the molecule is CCn1nccc1-c1cc(Cl)cnc1N. The number of aromatic nitrogens is 3. The molecule has 0 bridgehead atoms. The maximum Gasteiger partial charge on any atom is 0.132 e. The molecule has 2 rings (SSSR count). The Balaban J connectivity index is 2.58. The van der Waals surface area contributed by atoms with E-state index in [-0.39, 0.29) is 0 Å². The number of anilines is 1. The van der Waals surface area contributed by atoms with Crippen molar-refractivity contribution in [1.82, 2.24) is 14.8 Å². The molecule has 2 aromatic heterocycles. The van der Waals surface area contributed by atoms with Crippen molar-refractivity contribution in [3.05, 3.63) is 29.5 Å². The molecule has 0 unspecified atom stereocenters. The van der Waals surface area contributed by atoms with E-state index >= 15 is 0 Å². The van der Waals surface area contributed by atoms with Gasteiger partial charge in [0.2, 0.25) is 0 Å². The highest BCUT2D eigenvalue weighted by atomic mass is 35.5. The number of hydrogen-bond donors (Lipinski definition) is 1.